The van der Waals surface area contributed by atoms with E-state index in [1.54, 1.807) is 11.3 Å². The van der Waals surface area contributed by atoms with E-state index in [9.17, 15) is 4.79 Å². The Morgan fingerprint density at radius 3 is 3.00 bits per heavy atom. The average molecular weight is 370 g/mol. The summed E-state index contributed by atoms with van der Waals surface area (Å²) >= 11 is 9.07. The van der Waals surface area contributed by atoms with Gasteiger partial charge in [0, 0.05) is 24.2 Å². The molecule has 0 atom stereocenters. The summed E-state index contributed by atoms with van der Waals surface area (Å²) in [5, 5.41) is 3.84. The zero-order valence-electron chi connectivity index (χ0n) is 13.0. The first-order valence-corrected chi connectivity index (χ1v) is 10.0. The number of fused-ring (bicyclic) bond motifs is 1. The van der Waals surface area contributed by atoms with Crippen LogP contribution < -0.4 is 5.32 Å². The summed E-state index contributed by atoms with van der Waals surface area (Å²) in [5.74, 6) is 0.517. The summed E-state index contributed by atoms with van der Waals surface area (Å²) in [6, 6.07) is 6.02. The molecule has 1 saturated heterocycles. The number of hydrogen-bond donors (Lipinski definition) is 1. The summed E-state index contributed by atoms with van der Waals surface area (Å²) in [4.78, 5) is 19.1. The van der Waals surface area contributed by atoms with Crippen molar-refractivity contribution in [1.29, 1.82) is 0 Å². The quantitative estimate of drug-likeness (QED) is 0.817. The van der Waals surface area contributed by atoms with Crippen molar-refractivity contribution in [3.8, 4) is 0 Å². The second kappa shape index (κ2) is 7.83. The Morgan fingerprint density at radius 1 is 1.48 bits per heavy atom. The van der Waals surface area contributed by atoms with Crippen LogP contribution in [-0.2, 0) is 4.79 Å². The molecule has 1 fully saturated rings. The van der Waals surface area contributed by atoms with Gasteiger partial charge in [0.15, 0.2) is 4.34 Å². The Hall–Kier alpha value is -0.820. The average Bonchev–Trinajstić information content (AvgIpc) is 2.95. The van der Waals surface area contributed by atoms with E-state index in [2.05, 4.69) is 22.1 Å². The largest absolute Gasteiger partial charge is 0.353 e. The molecule has 0 saturated carbocycles. The number of hydrogen-bond acceptors (Lipinski definition) is 5. The van der Waals surface area contributed by atoms with Crippen LogP contribution >= 0.6 is 34.7 Å². The van der Waals surface area contributed by atoms with E-state index in [-0.39, 0.29) is 5.91 Å². The first-order chi connectivity index (χ1) is 11.1. The van der Waals surface area contributed by atoms with Crippen molar-refractivity contribution in [1.82, 2.24) is 15.2 Å². The molecule has 0 aliphatic carbocycles. The molecule has 1 aliphatic heterocycles. The summed E-state index contributed by atoms with van der Waals surface area (Å²) in [5.41, 5.74) is 0.900. The van der Waals surface area contributed by atoms with Crippen molar-refractivity contribution < 1.29 is 4.79 Å². The molecule has 1 aromatic carbocycles. The van der Waals surface area contributed by atoms with Gasteiger partial charge in [0.25, 0.3) is 0 Å². The molecule has 0 unspecified atom stereocenters. The number of piperidine rings is 1. The molecule has 4 nitrogen and oxygen atoms in total. The Balaban J connectivity index is 1.48. The summed E-state index contributed by atoms with van der Waals surface area (Å²) in [7, 11) is 0. The van der Waals surface area contributed by atoms with E-state index < -0.39 is 0 Å². The van der Waals surface area contributed by atoms with E-state index in [1.807, 2.05) is 18.2 Å². The van der Waals surface area contributed by atoms with Crippen molar-refractivity contribution >= 4 is 50.8 Å². The van der Waals surface area contributed by atoms with Crippen LogP contribution in [0.1, 0.15) is 19.8 Å². The lowest BCUT2D eigenvalue weighted by Crippen LogP contribution is -2.45. The van der Waals surface area contributed by atoms with Gasteiger partial charge in [0.1, 0.15) is 0 Å². The Labute approximate surface area is 149 Å². The first kappa shape index (κ1) is 17.0. The molecular weight excluding hydrogens is 350 g/mol. The van der Waals surface area contributed by atoms with Crippen LogP contribution in [0.5, 0.6) is 0 Å². The van der Waals surface area contributed by atoms with Crippen LogP contribution in [0.2, 0.25) is 5.02 Å². The number of nitrogens with one attached hydrogen (secondary N) is 1. The number of halogens is 1. The fraction of sp³-hybridized carbons (Fsp3) is 0.500. The maximum atomic E-state index is 12.1. The molecule has 23 heavy (non-hydrogen) atoms. The normalized spacial score (nSPS) is 16.8. The van der Waals surface area contributed by atoms with Crippen LogP contribution in [0.25, 0.3) is 10.2 Å². The van der Waals surface area contributed by atoms with Gasteiger partial charge in [-0.2, -0.15) is 0 Å². The van der Waals surface area contributed by atoms with Gasteiger partial charge in [-0.1, -0.05) is 30.3 Å². The minimum absolute atomic E-state index is 0.0993. The molecule has 0 spiro atoms. The third-order valence-electron chi connectivity index (χ3n) is 4.06. The summed E-state index contributed by atoms with van der Waals surface area (Å²) < 4.78 is 2.02. The van der Waals surface area contributed by atoms with Gasteiger partial charge in [-0.05, 0) is 37.6 Å². The molecule has 2 aromatic rings. The number of benzene rings is 1. The number of thioether (sulfide) groups is 1. The highest BCUT2D eigenvalue weighted by molar-refractivity contribution is 8.01. The number of thiazole rings is 1. The molecule has 1 N–H and O–H groups in total. The van der Waals surface area contributed by atoms with Crippen LogP contribution in [0.3, 0.4) is 0 Å². The van der Waals surface area contributed by atoms with Crippen molar-refractivity contribution in [2.24, 2.45) is 0 Å². The number of aromatic nitrogens is 1. The predicted octanol–water partition coefficient (Wildman–Crippen LogP) is 3.64. The zero-order chi connectivity index (χ0) is 16.2. The highest BCUT2D eigenvalue weighted by atomic mass is 35.5. The fourth-order valence-electron chi connectivity index (χ4n) is 2.73. The molecule has 1 aromatic heterocycles. The summed E-state index contributed by atoms with van der Waals surface area (Å²) in [6.45, 7) is 5.43. The number of amides is 1. The highest BCUT2D eigenvalue weighted by Gasteiger charge is 2.19. The smallest absolute Gasteiger partial charge is 0.230 e. The van der Waals surface area contributed by atoms with E-state index in [1.165, 1.54) is 11.8 Å². The third kappa shape index (κ3) is 4.59. The monoisotopic (exact) mass is 369 g/mol. The van der Waals surface area contributed by atoms with Crippen LogP contribution in [0.4, 0.5) is 0 Å². The molecule has 0 bridgehead atoms. The van der Waals surface area contributed by atoms with Gasteiger partial charge in [-0.15, -0.1) is 11.3 Å². The molecule has 2 heterocycles. The minimum Gasteiger partial charge on any atom is -0.353 e. The Morgan fingerprint density at radius 2 is 2.26 bits per heavy atom. The highest BCUT2D eigenvalue weighted by Crippen LogP contribution is 2.30. The van der Waals surface area contributed by atoms with Crippen molar-refractivity contribution in [3.63, 3.8) is 0 Å². The predicted molar refractivity (Wildman–Crippen MR) is 98.6 cm³/mol. The van der Waals surface area contributed by atoms with E-state index in [0.29, 0.717) is 16.8 Å². The lowest BCUT2D eigenvalue weighted by molar-refractivity contribution is -0.119. The van der Waals surface area contributed by atoms with Gasteiger partial charge in [-0.3, -0.25) is 4.79 Å². The number of nitrogens with zero attached hydrogens (tertiary/aromatic N) is 2. The van der Waals surface area contributed by atoms with Crippen LogP contribution in [0, 0.1) is 0 Å². The zero-order valence-corrected chi connectivity index (χ0v) is 15.4. The topological polar surface area (TPSA) is 45.2 Å². The van der Waals surface area contributed by atoms with Crippen molar-refractivity contribution in [2.75, 3.05) is 25.4 Å². The molecule has 1 amide bonds. The maximum Gasteiger partial charge on any atom is 0.230 e. The second-order valence-corrected chi connectivity index (χ2v) is 8.35. The summed E-state index contributed by atoms with van der Waals surface area (Å²) in [6.07, 6.45) is 2.09. The SMILES string of the molecule is CCN1CCC(NC(=O)CSc2nc3cc(Cl)ccc3s2)CC1. The van der Waals surface area contributed by atoms with Gasteiger partial charge < -0.3 is 10.2 Å². The molecule has 1 aliphatic rings. The Bertz CT molecular complexity index is 683. The number of likely N-dealkylation sites (tertiary alicyclic amines) is 1. The van der Waals surface area contributed by atoms with Gasteiger partial charge in [-0.25, -0.2) is 4.98 Å². The van der Waals surface area contributed by atoms with Crippen LogP contribution in [0.15, 0.2) is 22.5 Å². The van der Waals surface area contributed by atoms with Crippen LogP contribution in [-0.4, -0.2) is 47.2 Å². The van der Waals surface area contributed by atoms with E-state index in [4.69, 9.17) is 11.6 Å². The van der Waals surface area contributed by atoms with E-state index >= 15 is 0 Å². The lowest BCUT2D eigenvalue weighted by Gasteiger charge is -2.31. The first-order valence-electron chi connectivity index (χ1n) is 7.84. The molecule has 3 rings (SSSR count). The maximum absolute atomic E-state index is 12.1. The fourth-order valence-corrected chi connectivity index (χ4v) is 4.76. The number of rotatable bonds is 5. The van der Waals surface area contributed by atoms with E-state index in [0.717, 1.165) is 47.0 Å². The van der Waals surface area contributed by atoms with Gasteiger partial charge in [0.2, 0.25) is 5.91 Å². The van der Waals surface area contributed by atoms with Crippen molar-refractivity contribution in [3.05, 3.63) is 23.2 Å². The molecule has 7 heteroatoms. The molecule has 0 radical (unpaired) electrons. The Kier molecular flexibility index (Phi) is 5.80. The molecular formula is C16H20ClN3OS2. The second-order valence-electron chi connectivity index (χ2n) is 5.66. The van der Waals surface area contributed by atoms with Crippen molar-refractivity contribution in [2.45, 2.75) is 30.1 Å². The number of carbonyl (C=O) groups is 1. The third-order valence-corrected chi connectivity index (χ3v) is 6.47. The van der Waals surface area contributed by atoms with Gasteiger partial charge in [0.05, 0.1) is 16.0 Å². The minimum atomic E-state index is 0.0993. The van der Waals surface area contributed by atoms with Gasteiger partial charge >= 0.3 is 0 Å². The molecule has 124 valence electrons. The number of carbonyl (C=O) groups excluding carboxylic acids is 1. The standard InChI is InChI=1S/C16H20ClN3OS2/c1-2-20-7-5-12(6-8-20)18-15(21)10-22-16-19-13-9-11(17)3-4-14(13)23-16/h3-4,9,12H,2,5-8,10H2,1H3,(H,18,21). The lowest BCUT2D eigenvalue weighted by atomic mass is 10.1.